The van der Waals surface area contributed by atoms with Crippen molar-refractivity contribution >= 4 is 0 Å². The van der Waals surface area contributed by atoms with Crippen molar-refractivity contribution in [3.05, 3.63) is 187 Å². The molecule has 0 fully saturated rings. The summed E-state index contributed by atoms with van der Waals surface area (Å²) in [5, 5.41) is 33.3. The summed E-state index contributed by atoms with van der Waals surface area (Å²) in [5.74, 6) is 2.23. The van der Waals surface area contributed by atoms with Crippen LogP contribution in [0.4, 0.5) is 0 Å². The maximum absolute atomic E-state index is 12.7. The van der Waals surface area contributed by atoms with E-state index in [1.54, 1.807) is 0 Å². The summed E-state index contributed by atoms with van der Waals surface area (Å²) in [5.41, 5.74) is 13.8. The molecule has 0 aromatic heterocycles. The smallest absolute Gasteiger partial charge is 0.126 e. The van der Waals surface area contributed by atoms with E-state index in [2.05, 4.69) is 203 Å². The van der Waals surface area contributed by atoms with Crippen molar-refractivity contribution in [3.63, 3.8) is 0 Å². The Morgan fingerprint density at radius 1 is 0.382 bits per heavy atom. The molecule has 6 heteroatoms. The van der Waals surface area contributed by atoms with Crippen molar-refractivity contribution in [2.45, 2.75) is 143 Å². The average Bonchev–Trinajstić information content (AvgIpc) is 3.26. The van der Waals surface area contributed by atoms with E-state index in [-0.39, 0.29) is 33.7 Å². The van der Waals surface area contributed by atoms with Gasteiger partial charge >= 0.3 is 0 Å². The zero-order chi connectivity index (χ0) is 48.8. The maximum Gasteiger partial charge on any atom is 0.126 e. The van der Waals surface area contributed by atoms with Crippen LogP contribution < -0.4 is 20.1 Å². The van der Waals surface area contributed by atoms with Crippen molar-refractivity contribution in [1.82, 2.24) is 10.6 Å². The molecule has 1 aliphatic carbocycles. The van der Waals surface area contributed by atoms with Gasteiger partial charge in [0.25, 0.3) is 0 Å². The molecule has 2 atom stereocenters. The molecule has 6 aromatic carbocycles. The van der Waals surface area contributed by atoms with Crippen LogP contribution in [0, 0.1) is 0 Å². The second kappa shape index (κ2) is 19.1. The minimum absolute atomic E-state index is 0.0887. The van der Waals surface area contributed by atoms with Crippen LogP contribution in [-0.2, 0) is 47.3 Å². The van der Waals surface area contributed by atoms with Crippen LogP contribution in [0.15, 0.2) is 109 Å². The predicted octanol–water partition coefficient (Wildman–Crippen LogP) is 13.4. The van der Waals surface area contributed by atoms with Gasteiger partial charge in [-0.25, -0.2) is 0 Å². The number of nitrogens with one attached hydrogen (secondary N) is 2. The largest absolute Gasteiger partial charge is 0.507 e. The number of phenols is 2. The lowest BCUT2D eigenvalue weighted by Crippen LogP contribution is -2.38. The Morgan fingerprint density at radius 2 is 0.632 bits per heavy atom. The maximum atomic E-state index is 12.7. The Bertz CT molecular complexity index is 2460. The molecule has 2 aliphatic heterocycles. The van der Waals surface area contributed by atoms with Crippen molar-refractivity contribution in [1.29, 1.82) is 0 Å². The summed E-state index contributed by atoms with van der Waals surface area (Å²) in [7, 11) is 0. The predicted molar refractivity (Wildman–Crippen MR) is 280 cm³/mol. The molecule has 3 aliphatic rings. The third-order valence-electron chi connectivity index (χ3n) is 14.1. The van der Waals surface area contributed by atoms with Crippen LogP contribution in [-0.4, -0.2) is 36.5 Å². The first-order chi connectivity index (χ1) is 32.0. The first kappa shape index (κ1) is 48.9. The van der Waals surface area contributed by atoms with Gasteiger partial charge in [-0.05, 0) is 99.5 Å². The fourth-order valence-corrected chi connectivity index (χ4v) is 9.93. The number of aromatic hydroxyl groups is 2. The second-order valence-corrected chi connectivity index (χ2v) is 23.6. The molecule has 0 saturated heterocycles. The van der Waals surface area contributed by atoms with Gasteiger partial charge in [0.2, 0.25) is 0 Å². The molecule has 0 amide bonds. The monoisotopic (exact) mass is 913 g/mol. The van der Waals surface area contributed by atoms with Crippen molar-refractivity contribution < 1.29 is 19.7 Å². The molecule has 6 nitrogen and oxygen atoms in total. The van der Waals surface area contributed by atoms with Gasteiger partial charge in [0.05, 0.1) is 12.1 Å². The molecular weight excluding hydrogens is 837 g/mol. The molecule has 0 spiro atoms. The molecule has 358 valence electrons. The lowest BCUT2D eigenvalue weighted by atomic mass is 9.79. The Morgan fingerprint density at radius 3 is 0.882 bits per heavy atom. The molecular formula is C62H76N2O4. The van der Waals surface area contributed by atoms with Crippen LogP contribution in [0.2, 0.25) is 0 Å². The number of rotatable bonds is 2. The number of fused-ring (bicyclic) bond motifs is 9. The lowest BCUT2D eigenvalue weighted by molar-refractivity contribution is 0.271. The molecule has 6 aromatic rings. The highest BCUT2D eigenvalue weighted by Gasteiger charge is 2.30. The van der Waals surface area contributed by atoms with Gasteiger partial charge in [-0.15, -0.1) is 0 Å². The number of phenolic OH excluding ortho intramolecular Hbond substituents is 2. The van der Waals surface area contributed by atoms with Crippen LogP contribution >= 0.6 is 0 Å². The SMILES string of the molecule is CC(C)(C)c1cc2c(O)c(c1)Cc1cc(C(C)(C)C)cc3c1OCCN[C@@H](c1ccccc1)C(c1ccccc1)NCCOc1c(cc(C(C)(C)C)cc1Cc1cc(C(C)(C)C)cc(c1O)C3)C2. The number of ether oxygens (including phenoxy) is 2. The third kappa shape index (κ3) is 10.8. The third-order valence-corrected chi connectivity index (χ3v) is 14.1. The van der Waals surface area contributed by atoms with Crippen molar-refractivity contribution in [3.8, 4) is 23.0 Å². The molecule has 0 radical (unpaired) electrons. The van der Waals surface area contributed by atoms with Gasteiger partial charge < -0.3 is 30.3 Å². The van der Waals surface area contributed by atoms with E-state index >= 15 is 0 Å². The average molecular weight is 913 g/mol. The summed E-state index contributed by atoms with van der Waals surface area (Å²) in [4.78, 5) is 0. The quantitative estimate of drug-likeness (QED) is 0.129. The van der Waals surface area contributed by atoms with Gasteiger partial charge in [0.1, 0.15) is 36.2 Å². The van der Waals surface area contributed by atoms with Gasteiger partial charge in [-0.2, -0.15) is 0 Å². The van der Waals surface area contributed by atoms with Gasteiger partial charge in [0.15, 0.2) is 0 Å². The summed E-state index contributed by atoms with van der Waals surface area (Å²) in [6.07, 6.45) is 1.85. The fraction of sp³-hybridized carbons (Fsp3) is 0.419. The van der Waals surface area contributed by atoms with Crippen LogP contribution in [0.5, 0.6) is 23.0 Å². The van der Waals surface area contributed by atoms with Gasteiger partial charge in [0, 0.05) is 38.8 Å². The van der Waals surface area contributed by atoms with E-state index in [1.165, 1.54) is 33.4 Å². The van der Waals surface area contributed by atoms with E-state index in [4.69, 9.17) is 9.47 Å². The highest BCUT2D eigenvalue weighted by molar-refractivity contribution is 5.59. The lowest BCUT2D eigenvalue weighted by Gasteiger charge is -2.31. The molecule has 1 unspecified atom stereocenters. The first-order valence-electron chi connectivity index (χ1n) is 24.9. The van der Waals surface area contributed by atoms with E-state index in [0.717, 1.165) is 56.0 Å². The Labute approximate surface area is 407 Å². The first-order valence-corrected chi connectivity index (χ1v) is 24.9. The number of benzene rings is 6. The Hall–Kier alpha value is -5.56. The van der Waals surface area contributed by atoms with Crippen molar-refractivity contribution in [2.24, 2.45) is 0 Å². The number of hydrogen-bond donors (Lipinski definition) is 4. The molecule has 0 saturated carbocycles. The normalized spacial score (nSPS) is 17.5. The minimum atomic E-state index is -0.191. The zero-order valence-electron chi connectivity index (χ0n) is 42.9. The molecule has 10 bridgehead atoms. The van der Waals surface area contributed by atoms with Crippen LogP contribution in [0.25, 0.3) is 0 Å². The van der Waals surface area contributed by atoms with E-state index in [9.17, 15) is 10.2 Å². The highest BCUT2D eigenvalue weighted by atomic mass is 16.5. The van der Waals surface area contributed by atoms with E-state index < -0.39 is 0 Å². The molecule has 4 N–H and O–H groups in total. The highest BCUT2D eigenvalue weighted by Crippen LogP contribution is 2.44. The molecule has 68 heavy (non-hydrogen) atoms. The van der Waals surface area contributed by atoms with E-state index in [1.807, 2.05) is 0 Å². The Kier molecular flexibility index (Phi) is 13.7. The standard InChI is InChI=1S/C62H76N2O4/c1-59(2,3)49-31-41-27-45-35-51(61(7,8)9)37-47-29-43-33-50(60(4,5)6)34-44(56(43)66)30-48-38-52(62(10,11)12)36-46(28-42(32-49)55(41)65)58(48)68-26-24-64-54(40-21-17-14-18-22-40)53(39-19-15-13-16-20-39)63-23-25-67-57(45)47/h13-22,31-38,53-54,63-66H,23-30H2,1-12H3/t53-,54?/m0/s1. The zero-order valence-corrected chi connectivity index (χ0v) is 42.9. The number of hydrogen-bond acceptors (Lipinski definition) is 6. The molecule has 9 rings (SSSR count). The van der Waals surface area contributed by atoms with E-state index in [0.29, 0.717) is 63.5 Å². The molecule has 2 heterocycles. The topological polar surface area (TPSA) is 83.0 Å². The summed E-state index contributed by atoms with van der Waals surface area (Å²) in [6, 6.07) is 39.2. The minimum Gasteiger partial charge on any atom is -0.507 e. The van der Waals surface area contributed by atoms with Crippen molar-refractivity contribution in [2.75, 3.05) is 26.3 Å². The van der Waals surface area contributed by atoms with Crippen LogP contribution in [0.3, 0.4) is 0 Å². The van der Waals surface area contributed by atoms with Gasteiger partial charge in [-0.1, -0.05) is 192 Å². The summed E-state index contributed by atoms with van der Waals surface area (Å²) in [6.45, 7) is 28.9. The second-order valence-electron chi connectivity index (χ2n) is 23.6. The van der Waals surface area contributed by atoms with Crippen LogP contribution in [0.1, 0.15) is 173 Å². The Balaban J connectivity index is 1.44. The summed E-state index contributed by atoms with van der Waals surface area (Å²) < 4.78 is 14.3. The fourth-order valence-electron chi connectivity index (χ4n) is 9.93. The summed E-state index contributed by atoms with van der Waals surface area (Å²) >= 11 is 0. The van der Waals surface area contributed by atoms with Gasteiger partial charge in [-0.3, -0.25) is 0 Å².